The molecule has 0 spiro atoms. The molecule has 0 saturated carbocycles. The second-order valence-corrected chi connectivity index (χ2v) is 3.75. The average molecular weight is 219 g/mol. The van der Waals surface area contributed by atoms with Crippen LogP contribution in [0.5, 0.6) is 0 Å². The van der Waals surface area contributed by atoms with Crippen LogP contribution in [-0.2, 0) is 4.79 Å². The number of imide groups is 1. The first kappa shape index (κ1) is 12.2. The van der Waals surface area contributed by atoms with Gasteiger partial charge in [-0.15, -0.1) is 0 Å². The molecule has 0 aliphatic heterocycles. The molecule has 0 heterocycles. The van der Waals surface area contributed by atoms with Crippen molar-refractivity contribution in [1.82, 2.24) is 4.90 Å². The highest BCUT2D eigenvalue weighted by Gasteiger charge is 2.21. The molecule has 1 aromatic carbocycles. The van der Waals surface area contributed by atoms with E-state index in [0.717, 1.165) is 4.90 Å². The van der Waals surface area contributed by atoms with Crippen molar-refractivity contribution < 1.29 is 9.59 Å². The lowest BCUT2D eigenvalue weighted by Gasteiger charge is -2.26. The molecule has 85 valence electrons. The molecule has 0 saturated heterocycles. The number of urea groups is 1. The number of nitrogens with zero attached hydrogens (tertiary/aromatic N) is 2. The summed E-state index contributed by atoms with van der Waals surface area (Å²) < 4.78 is 0. The third-order valence-corrected chi connectivity index (χ3v) is 2.37. The van der Waals surface area contributed by atoms with Crippen molar-refractivity contribution in [1.29, 1.82) is 0 Å². The van der Waals surface area contributed by atoms with Crippen molar-refractivity contribution in [3.05, 3.63) is 30.3 Å². The summed E-state index contributed by atoms with van der Waals surface area (Å²) in [6.07, 6.45) is 1.65. The maximum Gasteiger partial charge on any atom is 0.331 e. The molecule has 3 amide bonds. The van der Waals surface area contributed by atoms with Crippen molar-refractivity contribution in [2.75, 3.05) is 11.9 Å². The van der Waals surface area contributed by atoms with E-state index in [1.165, 1.54) is 4.90 Å². The van der Waals surface area contributed by atoms with Crippen molar-refractivity contribution in [3.8, 4) is 0 Å². The van der Waals surface area contributed by atoms with E-state index in [2.05, 4.69) is 0 Å². The Balaban J connectivity index is 2.92. The van der Waals surface area contributed by atoms with Crippen molar-refractivity contribution >= 4 is 18.1 Å². The van der Waals surface area contributed by atoms with Crippen molar-refractivity contribution in [2.45, 2.75) is 19.9 Å². The Labute approximate surface area is 95.5 Å². The molecule has 0 bridgehead atoms. The first-order chi connectivity index (χ1) is 7.57. The highest BCUT2D eigenvalue weighted by atomic mass is 16.2. The highest BCUT2D eigenvalue weighted by Crippen LogP contribution is 2.13. The number of anilines is 1. The quantitative estimate of drug-likeness (QED) is 0.730. The molecule has 0 aliphatic rings. The van der Waals surface area contributed by atoms with Crippen LogP contribution in [0.25, 0.3) is 0 Å². The number of benzene rings is 1. The summed E-state index contributed by atoms with van der Waals surface area (Å²) in [5, 5.41) is 0. The van der Waals surface area contributed by atoms with E-state index >= 15 is 0 Å². The third kappa shape index (κ3) is 2.59. The fourth-order valence-electron chi connectivity index (χ4n) is 1.16. The Morgan fingerprint density at radius 3 is 2.25 bits per heavy atom. The van der Waals surface area contributed by atoms with E-state index in [1.807, 2.05) is 19.9 Å². The second-order valence-electron chi connectivity index (χ2n) is 3.75. The minimum absolute atomic E-state index is 0.0343. The molecule has 0 N–H and O–H groups in total. The van der Waals surface area contributed by atoms with E-state index in [1.54, 1.807) is 37.7 Å². The summed E-state index contributed by atoms with van der Waals surface area (Å²) in [7, 11) is 1.65. The second kappa shape index (κ2) is 5.30. The molecular formula is C12H15N2O2. The van der Waals surface area contributed by atoms with E-state index in [0.29, 0.717) is 5.69 Å². The number of rotatable bonds is 3. The van der Waals surface area contributed by atoms with Crippen LogP contribution in [0.15, 0.2) is 30.3 Å². The summed E-state index contributed by atoms with van der Waals surface area (Å²) in [5.41, 5.74) is 0.523. The van der Waals surface area contributed by atoms with Gasteiger partial charge in [-0.3, -0.25) is 4.79 Å². The molecule has 4 heteroatoms. The molecule has 1 rings (SSSR count). The summed E-state index contributed by atoms with van der Waals surface area (Å²) >= 11 is 0. The van der Waals surface area contributed by atoms with Gasteiger partial charge in [0.1, 0.15) is 0 Å². The van der Waals surface area contributed by atoms with Crippen molar-refractivity contribution in [3.63, 3.8) is 0 Å². The molecule has 4 nitrogen and oxygen atoms in total. The zero-order valence-electron chi connectivity index (χ0n) is 9.68. The largest absolute Gasteiger partial charge is 0.331 e. The van der Waals surface area contributed by atoms with Crippen LogP contribution in [-0.4, -0.2) is 30.4 Å². The molecule has 16 heavy (non-hydrogen) atoms. The average Bonchev–Trinajstić information content (AvgIpc) is 2.30. The number of hydrogen-bond donors (Lipinski definition) is 0. The highest BCUT2D eigenvalue weighted by molar-refractivity contribution is 6.06. The van der Waals surface area contributed by atoms with Gasteiger partial charge in [0.25, 0.3) is 0 Å². The van der Waals surface area contributed by atoms with Crippen LogP contribution in [0.4, 0.5) is 10.5 Å². The molecule has 1 aromatic rings. The summed E-state index contributed by atoms with van der Waals surface area (Å²) in [6.45, 7) is 3.76. The topological polar surface area (TPSA) is 40.6 Å². The number of carbonyl (C=O) groups is 1. The van der Waals surface area contributed by atoms with Crippen LogP contribution in [0.2, 0.25) is 0 Å². The lowest BCUT2D eigenvalue weighted by atomic mass is 10.3. The van der Waals surface area contributed by atoms with Gasteiger partial charge in [0.2, 0.25) is 0 Å². The molecule has 0 aromatic heterocycles. The number of para-hydroxylation sites is 1. The van der Waals surface area contributed by atoms with Gasteiger partial charge >= 0.3 is 12.4 Å². The minimum Gasteiger partial charge on any atom is -0.325 e. The maximum absolute atomic E-state index is 11.9. The van der Waals surface area contributed by atoms with E-state index in [-0.39, 0.29) is 12.1 Å². The monoisotopic (exact) mass is 219 g/mol. The molecule has 0 fully saturated rings. The number of carbonyl (C=O) groups excluding carboxylic acids is 2. The summed E-state index contributed by atoms with van der Waals surface area (Å²) in [6, 6.07) is 8.39. The van der Waals surface area contributed by atoms with Gasteiger partial charge < -0.3 is 4.90 Å². The third-order valence-electron chi connectivity index (χ3n) is 2.37. The van der Waals surface area contributed by atoms with E-state index in [4.69, 9.17) is 0 Å². The molecular weight excluding hydrogens is 204 g/mol. The Morgan fingerprint density at radius 1 is 1.25 bits per heavy atom. The van der Waals surface area contributed by atoms with Gasteiger partial charge in [0.05, 0.1) is 5.69 Å². The fourth-order valence-corrected chi connectivity index (χ4v) is 1.16. The minimum atomic E-state index is -0.379. The Morgan fingerprint density at radius 2 is 1.81 bits per heavy atom. The number of hydrogen-bond acceptors (Lipinski definition) is 2. The SMILES string of the molecule is CC(C)N(C)C(=O)N([C]=O)c1ccccc1. The standard InChI is InChI=1S/C12H15N2O2/c1-10(2)13(3)12(16)14(9-15)11-7-5-4-6-8-11/h4-8,10H,1-3H3. The predicted molar refractivity (Wildman–Crippen MR) is 62.9 cm³/mol. The van der Waals surface area contributed by atoms with Gasteiger partial charge in [-0.1, -0.05) is 18.2 Å². The zero-order valence-corrected chi connectivity index (χ0v) is 9.68. The van der Waals surface area contributed by atoms with Crippen LogP contribution < -0.4 is 4.90 Å². The van der Waals surface area contributed by atoms with Crippen LogP contribution in [0, 0.1) is 0 Å². The summed E-state index contributed by atoms with van der Waals surface area (Å²) in [4.78, 5) is 25.2. The molecule has 0 aliphatic carbocycles. The molecule has 0 unspecified atom stereocenters. The first-order valence-electron chi connectivity index (χ1n) is 5.07. The Bertz CT molecular complexity index is 363. The van der Waals surface area contributed by atoms with Gasteiger partial charge in [0, 0.05) is 13.1 Å². The van der Waals surface area contributed by atoms with Gasteiger partial charge in [-0.2, -0.15) is 0 Å². The first-order valence-corrected chi connectivity index (χ1v) is 5.07. The maximum atomic E-state index is 11.9. The molecule has 1 radical (unpaired) electrons. The van der Waals surface area contributed by atoms with Crippen LogP contribution in [0.3, 0.4) is 0 Å². The van der Waals surface area contributed by atoms with E-state index in [9.17, 15) is 9.59 Å². The number of amides is 3. The van der Waals surface area contributed by atoms with Gasteiger partial charge in [-0.05, 0) is 26.0 Å². The van der Waals surface area contributed by atoms with Gasteiger partial charge in [-0.25, -0.2) is 9.69 Å². The lowest BCUT2D eigenvalue weighted by Crippen LogP contribution is -2.43. The van der Waals surface area contributed by atoms with Crippen LogP contribution in [0.1, 0.15) is 13.8 Å². The molecule has 0 atom stereocenters. The van der Waals surface area contributed by atoms with Gasteiger partial charge in [0.15, 0.2) is 0 Å². The lowest BCUT2D eigenvalue weighted by molar-refractivity contribution is 0.207. The normalized spacial score (nSPS) is 10.0. The van der Waals surface area contributed by atoms with Crippen molar-refractivity contribution in [2.24, 2.45) is 0 Å². The Hall–Kier alpha value is -1.84. The summed E-state index contributed by atoms with van der Waals surface area (Å²) in [5.74, 6) is 0. The van der Waals surface area contributed by atoms with Crippen LogP contribution >= 0.6 is 0 Å². The predicted octanol–water partition coefficient (Wildman–Crippen LogP) is 2.02. The zero-order chi connectivity index (χ0) is 12.1. The van der Waals surface area contributed by atoms with E-state index < -0.39 is 0 Å². The smallest absolute Gasteiger partial charge is 0.325 e. The Kier molecular flexibility index (Phi) is 4.05. The fraction of sp³-hybridized carbons (Fsp3) is 0.333.